The van der Waals surface area contributed by atoms with Gasteiger partial charge in [-0.2, -0.15) is 4.39 Å². The van der Waals surface area contributed by atoms with E-state index in [1.165, 1.54) is 0 Å². The van der Waals surface area contributed by atoms with Crippen molar-refractivity contribution < 1.29 is 23.0 Å². The van der Waals surface area contributed by atoms with Gasteiger partial charge in [0.1, 0.15) is 0 Å². The molecule has 0 bridgehead atoms. The average molecular weight is 190 g/mol. The summed E-state index contributed by atoms with van der Waals surface area (Å²) in [6.07, 6.45) is 1.89. The number of carbonyl (C=O) groups is 1. The van der Waals surface area contributed by atoms with E-state index in [1.54, 1.807) is 0 Å². The van der Waals surface area contributed by atoms with Crippen molar-refractivity contribution in [3.63, 3.8) is 0 Å². The minimum atomic E-state index is -1.89. The molecule has 1 aliphatic rings. The topological polar surface area (TPSA) is 35.5 Å². The lowest BCUT2D eigenvalue weighted by Gasteiger charge is -2.27. The Balaban J connectivity index is 3.16. The smallest absolute Gasteiger partial charge is 0.245 e. The second-order valence-electron chi connectivity index (χ2n) is 2.40. The van der Waals surface area contributed by atoms with Gasteiger partial charge in [-0.15, -0.1) is 0 Å². The van der Waals surface area contributed by atoms with Crippen LogP contribution in [0.3, 0.4) is 0 Å². The van der Waals surface area contributed by atoms with Crippen molar-refractivity contribution >= 4 is 5.78 Å². The lowest BCUT2D eigenvalue weighted by atomic mass is 10.1. The van der Waals surface area contributed by atoms with Crippen LogP contribution in [0.1, 0.15) is 0 Å². The molecule has 72 valence electrons. The fourth-order valence-electron chi connectivity index (χ4n) is 0.991. The summed E-state index contributed by atoms with van der Waals surface area (Å²) in [5.74, 6) is -5.75. The molecular formula is C8H8F2O3. The predicted octanol–water partition coefficient (Wildman–Crippen LogP) is 1.27. The lowest BCUT2D eigenvalue weighted by Crippen LogP contribution is -2.35. The van der Waals surface area contributed by atoms with Crippen LogP contribution < -0.4 is 0 Å². The van der Waals surface area contributed by atoms with Gasteiger partial charge in [0.05, 0.1) is 0 Å². The first-order valence-electron chi connectivity index (χ1n) is 3.47. The highest BCUT2D eigenvalue weighted by Gasteiger charge is 2.40. The first kappa shape index (κ1) is 10.0. The molecule has 0 aromatic carbocycles. The number of hydrogen-bond donors (Lipinski definition) is 0. The monoisotopic (exact) mass is 190 g/mol. The summed E-state index contributed by atoms with van der Waals surface area (Å²) in [7, 11) is 2.30. The zero-order valence-electron chi connectivity index (χ0n) is 7.14. The number of methoxy groups -OCH3 is 2. The number of allylic oxidation sites excluding steroid dienone is 2. The number of rotatable bonds is 2. The highest BCUT2D eigenvalue weighted by Crippen LogP contribution is 2.32. The molecule has 0 saturated carbocycles. The fourth-order valence-corrected chi connectivity index (χ4v) is 0.991. The van der Waals surface area contributed by atoms with Crippen LogP contribution in [0.4, 0.5) is 8.78 Å². The van der Waals surface area contributed by atoms with Crippen LogP contribution in [0.25, 0.3) is 0 Å². The van der Waals surface area contributed by atoms with Crippen LogP contribution >= 0.6 is 0 Å². The highest BCUT2D eigenvalue weighted by atomic mass is 19.2. The molecule has 0 aromatic heterocycles. The van der Waals surface area contributed by atoms with Crippen LogP contribution in [0.5, 0.6) is 0 Å². The molecule has 5 heteroatoms. The van der Waals surface area contributed by atoms with Crippen molar-refractivity contribution in [2.24, 2.45) is 0 Å². The summed E-state index contributed by atoms with van der Waals surface area (Å²) in [6.45, 7) is 0. The summed E-state index contributed by atoms with van der Waals surface area (Å²) in [5.41, 5.74) is 0. The van der Waals surface area contributed by atoms with Gasteiger partial charge in [0.15, 0.2) is 0 Å². The number of carbonyl (C=O) groups excluding carboxylic acids is 1. The van der Waals surface area contributed by atoms with Gasteiger partial charge >= 0.3 is 0 Å². The molecule has 0 amide bonds. The van der Waals surface area contributed by atoms with E-state index in [-0.39, 0.29) is 0 Å². The van der Waals surface area contributed by atoms with Crippen LogP contribution in [-0.4, -0.2) is 25.8 Å². The number of ether oxygens (including phenoxy) is 2. The SMILES string of the molecule is COC1(OC)C=CC(=O)C(F)=C1F. The van der Waals surface area contributed by atoms with Crippen LogP contribution in [0, 0.1) is 0 Å². The van der Waals surface area contributed by atoms with Crippen molar-refractivity contribution in [3.8, 4) is 0 Å². The van der Waals surface area contributed by atoms with E-state index in [4.69, 9.17) is 0 Å². The molecule has 0 aliphatic heterocycles. The van der Waals surface area contributed by atoms with Gasteiger partial charge in [-0.3, -0.25) is 4.79 Å². The third-order valence-electron chi connectivity index (χ3n) is 1.78. The van der Waals surface area contributed by atoms with Crippen molar-refractivity contribution in [2.75, 3.05) is 14.2 Å². The standard InChI is InChI=1S/C8H8F2O3/c1-12-8(13-2)4-3-5(11)6(9)7(8)10/h3-4H,1-2H3. The van der Waals surface area contributed by atoms with Gasteiger partial charge in [-0.1, -0.05) is 0 Å². The van der Waals surface area contributed by atoms with Gasteiger partial charge in [-0.25, -0.2) is 4.39 Å². The molecule has 0 unspecified atom stereocenters. The Labute approximate surface area is 73.6 Å². The molecule has 0 radical (unpaired) electrons. The summed E-state index contributed by atoms with van der Waals surface area (Å²) in [4.78, 5) is 10.7. The summed E-state index contributed by atoms with van der Waals surface area (Å²) >= 11 is 0. The number of ketones is 1. The fraction of sp³-hybridized carbons (Fsp3) is 0.375. The Morgan fingerprint density at radius 2 is 1.85 bits per heavy atom. The van der Waals surface area contributed by atoms with Gasteiger partial charge in [0, 0.05) is 14.2 Å². The van der Waals surface area contributed by atoms with E-state index >= 15 is 0 Å². The Morgan fingerprint density at radius 3 is 2.31 bits per heavy atom. The third-order valence-corrected chi connectivity index (χ3v) is 1.78. The molecule has 3 nitrogen and oxygen atoms in total. The Hall–Kier alpha value is -1.07. The summed E-state index contributed by atoms with van der Waals surface area (Å²) in [5, 5.41) is 0. The van der Waals surface area contributed by atoms with Gasteiger partial charge in [0.2, 0.25) is 23.2 Å². The van der Waals surface area contributed by atoms with Gasteiger partial charge in [-0.05, 0) is 12.2 Å². The Bertz CT molecular complexity index is 290. The Kier molecular flexibility index (Phi) is 2.58. The second-order valence-corrected chi connectivity index (χ2v) is 2.40. The molecule has 0 heterocycles. The van der Waals surface area contributed by atoms with Crippen LogP contribution in [0.15, 0.2) is 23.8 Å². The maximum absolute atomic E-state index is 13.1. The minimum absolute atomic E-state index is 0.866. The molecule has 0 N–H and O–H groups in total. The van der Waals surface area contributed by atoms with Crippen molar-refractivity contribution in [1.29, 1.82) is 0 Å². The first-order chi connectivity index (χ1) is 6.07. The maximum Gasteiger partial charge on any atom is 0.245 e. The molecule has 0 atom stereocenters. The van der Waals surface area contributed by atoms with Crippen molar-refractivity contribution in [2.45, 2.75) is 5.79 Å². The molecule has 0 fully saturated rings. The van der Waals surface area contributed by atoms with Crippen molar-refractivity contribution in [1.82, 2.24) is 0 Å². The lowest BCUT2D eigenvalue weighted by molar-refractivity contribution is -0.158. The Morgan fingerprint density at radius 1 is 1.31 bits per heavy atom. The van der Waals surface area contributed by atoms with E-state index in [2.05, 4.69) is 9.47 Å². The van der Waals surface area contributed by atoms with Gasteiger partial charge < -0.3 is 9.47 Å². The van der Waals surface area contributed by atoms with E-state index < -0.39 is 23.2 Å². The highest BCUT2D eigenvalue weighted by molar-refractivity contribution is 6.04. The summed E-state index contributed by atoms with van der Waals surface area (Å²) in [6, 6.07) is 0. The van der Waals surface area contributed by atoms with E-state index in [1.807, 2.05) is 0 Å². The first-order valence-corrected chi connectivity index (χ1v) is 3.47. The maximum atomic E-state index is 13.1. The number of halogens is 2. The normalized spacial score (nSPS) is 21.1. The molecule has 0 spiro atoms. The minimum Gasteiger partial charge on any atom is -0.344 e. The van der Waals surface area contributed by atoms with E-state index in [9.17, 15) is 13.6 Å². The molecule has 1 rings (SSSR count). The number of hydrogen-bond acceptors (Lipinski definition) is 3. The van der Waals surface area contributed by atoms with Gasteiger partial charge in [0.25, 0.3) is 0 Å². The van der Waals surface area contributed by atoms with Crippen LogP contribution in [0.2, 0.25) is 0 Å². The summed E-state index contributed by atoms with van der Waals surface area (Å²) < 4.78 is 35.2. The largest absolute Gasteiger partial charge is 0.344 e. The zero-order valence-corrected chi connectivity index (χ0v) is 7.14. The molecule has 1 aliphatic carbocycles. The van der Waals surface area contributed by atoms with E-state index in [0.717, 1.165) is 26.4 Å². The second kappa shape index (κ2) is 3.35. The molecule has 0 saturated heterocycles. The molecule has 0 aromatic rings. The molecular weight excluding hydrogens is 182 g/mol. The average Bonchev–Trinajstić information content (AvgIpc) is 2.16. The van der Waals surface area contributed by atoms with Crippen molar-refractivity contribution in [3.05, 3.63) is 23.8 Å². The van der Waals surface area contributed by atoms with E-state index in [0.29, 0.717) is 0 Å². The van der Waals surface area contributed by atoms with Crippen LogP contribution in [-0.2, 0) is 14.3 Å². The molecule has 13 heavy (non-hydrogen) atoms. The third kappa shape index (κ3) is 1.40. The predicted molar refractivity (Wildman–Crippen MR) is 40.1 cm³/mol. The quantitative estimate of drug-likeness (QED) is 0.615. The zero-order chi connectivity index (χ0) is 10.1.